The molecule has 0 radical (unpaired) electrons. The molecule has 0 heterocycles. The molecule has 0 amide bonds. The highest BCUT2D eigenvalue weighted by atomic mass is 32.1. The van der Waals surface area contributed by atoms with Crippen molar-refractivity contribution in [2.24, 2.45) is 0 Å². The van der Waals surface area contributed by atoms with Crippen LogP contribution in [0.2, 0.25) is 0 Å². The van der Waals surface area contributed by atoms with Gasteiger partial charge in [-0.2, -0.15) is 0 Å². The molecule has 0 unspecified atom stereocenters. The first-order valence-corrected chi connectivity index (χ1v) is 5.10. The number of benzene rings is 2. The standard InChI is InChI=1S/C6HF5.C6H6S/c7-2-1-3(8)5(10)6(11)4(2)9;7-6-4-2-1-3-5-6/h1H;1-5,7H. The molecule has 0 bridgehead atoms. The van der Waals surface area contributed by atoms with Crippen LogP contribution in [0.3, 0.4) is 0 Å². The third-order valence-electron chi connectivity index (χ3n) is 1.81. The number of rotatable bonds is 0. The van der Waals surface area contributed by atoms with E-state index in [4.69, 9.17) is 0 Å². The van der Waals surface area contributed by atoms with Crippen LogP contribution in [0.25, 0.3) is 0 Å². The van der Waals surface area contributed by atoms with Crippen LogP contribution in [0.4, 0.5) is 22.0 Å². The van der Waals surface area contributed by atoms with Gasteiger partial charge >= 0.3 is 0 Å². The fourth-order valence-electron chi connectivity index (χ4n) is 0.972. The monoisotopic (exact) mass is 278 g/mol. The molecular weight excluding hydrogens is 271 g/mol. The minimum absolute atomic E-state index is 0.0618. The first-order valence-electron chi connectivity index (χ1n) is 4.66. The van der Waals surface area contributed by atoms with Crippen LogP contribution in [0, 0.1) is 29.1 Å². The van der Waals surface area contributed by atoms with E-state index in [0.29, 0.717) is 0 Å². The van der Waals surface area contributed by atoms with Crippen molar-refractivity contribution in [1.82, 2.24) is 0 Å². The average Bonchev–Trinajstić information content (AvgIpc) is 2.36. The average molecular weight is 278 g/mol. The fourth-order valence-corrected chi connectivity index (χ4v) is 1.14. The van der Waals surface area contributed by atoms with Crippen molar-refractivity contribution in [1.29, 1.82) is 0 Å². The van der Waals surface area contributed by atoms with Gasteiger partial charge in [0.05, 0.1) is 0 Å². The molecule has 0 saturated carbocycles. The maximum Gasteiger partial charge on any atom is 0.200 e. The summed E-state index contributed by atoms with van der Waals surface area (Å²) in [6.07, 6.45) is 0. The summed E-state index contributed by atoms with van der Waals surface area (Å²) in [6.45, 7) is 0. The van der Waals surface area contributed by atoms with Crippen LogP contribution in [0.1, 0.15) is 0 Å². The summed E-state index contributed by atoms with van der Waals surface area (Å²) in [5.41, 5.74) is 0. The summed E-state index contributed by atoms with van der Waals surface area (Å²) in [5, 5.41) is 0. The predicted octanol–water partition coefficient (Wildman–Crippen LogP) is 4.36. The van der Waals surface area contributed by atoms with Crippen molar-refractivity contribution in [3.63, 3.8) is 0 Å². The van der Waals surface area contributed by atoms with Crippen LogP contribution in [0.15, 0.2) is 41.3 Å². The minimum Gasteiger partial charge on any atom is -0.204 e. The number of thiol groups is 1. The van der Waals surface area contributed by atoms with Gasteiger partial charge < -0.3 is 0 Å². The largest absolute Gasteiger partial charge is 0.204 e. The first kappa shape index (κ1) is 14.5. The SMILES string of the molecule is Fc1cc(F)c(F)c(F)c1F.Sc1ccccc1. The van der Waals surface area contributed by atoms with Crippen molar-refractivity contribution in [3.8, 4) is 0 Å². The number of hydrogen-bond donors (Lipinski definition) is 1. The zero-order valence-corrected chi connectivity index (χ0v) is 9.70. The first-order chi connectivity index (χ1) is 8.43. The lowest BCUT2D eigenvalue weighted by Crippen LogP contribution is -1.98. The quantitative estimate of drug-likeness (QED) is 0.315. The smallest absolute Gasteiger partial charge is 0.200 e. The van der Waals surface area contributed by atoms with E-state index in [1.54, 1.807) is 0 Å². The number of halogens is 5. The Morgan fingerprint density at radius 1 is 0.667 bits per heavy atom. The molecule has 0 spiro atoms. The van der Waals surface area contributed by atoms with Gasteiger partial charge in [-0.3, -0.25) is 0 Å². The maximum absolute atomic E-state index is 12.0. The highest BCUT2D eigenvalue weighted by Gasteiger charge is 2.18. The summed E-state index contributed by atoms with van der Waals surface area (Å²) in [5.74, 6) is -9.65. The Balaban J connectivity index is 0.000000199. The van der Waals surface area contributed by atoms with Crippen LogP contribution >= 0.6 is 12.6 Å². The van der Waals surface area contributed by atoms with E-state index in [2.05, 4.69) is 12.6 Å². The number of hydrogen-bond acceptors (Lipinski definition) is 1. The minimum atomic E-state index is -2.14. The lowest BCUT2D eigenvalue weighted by molar-refractivity contribution is 0.378. The summed E-state index contributed by atoms with van der Waals surface area (Å²) >= 11 is 4.08. The van der Waals surface area contributed by atoms with Gasteiger partial charge in [0.2, 0.25) is 5.82 Å². The Morgan fingerprint density at radius 2 is 1.11 bits per heavy atom. The highest BCUT2D eigenvalue weighted by Crippen LogP contribution is 2.16. The van der Waals surface area contributed by atoms with Crippen molar-refractivity contribution in [3.05, 3.63) is 65.5 Å². The summed E-state index contributed by atoms with van der Waals surface area (Å²) in [7, 11) is 0. The van der Waals surface area contributed by atoms with Gasteiger partial charge in [0, 0.05) is 11.0 Å². The molecule has 0 aliphatic heterocycles. The van der Waals surface area contributed by atoms with Gasteiger partial charge in [-0.1, -0.05) is 18.2 Å². The van der Waals surface area contributed by atoms with E-state index in [9.17, 15) is 22.0 Å². The van der Waals surface area contributed by atoms with Crippen molar-refractivity contribution in [2.45, 2.75) is 4.90 Å². The Hall–Kier alpha value is -1.56. The third-order valence-corrected chi connectivity index (χ3v) is 2.11. The lowest BCUT2D eigenvalue weighted by Gasteiger charge is -1.96. The predicted molar refractivity (Wildman–Crippen MR) is 59.9 cm³/mol. The van der Waals surface area contributed by atoms with E-state index in [1.165, 1.54) is 0 Å². The highest BCUT2D eigenvalue weighted by molar-refractivity contribution is 7.80. The molecule has 6 heteroatoms. The van der Waals surface area contributed by atoms with Gasteiger partial charge in [-0.05, 0) is 12.1 Å². The molecule has 18 heavy (non-hydrogen) atoms. The molecule has 2 aromatic carbocycles. The van der Waals surface area contributed by atoms with Crippen LogP contribution in [-0.2, 0) is 0 Å². The van der Waals surface area contributed by atoms with Crippen molar-refractivity contribution < 1.29 is 22.0 Å². The van der Waals surface area contributed by atoms with E-state index in [1.807, 2.05) is 30.3 Å². The maximum atomic E-state index is 12.0. The van der Waals surface area contributed by atoms with Crippen molar-refractivity contribution >= 4 is 12.6 Å². The Labute approximate surface area is 105 Å². The molecule has 2 rings (SSSR count). The molecule has 0 aliphatic carbocycles. The lowest BCUT2D eigenvalue weighted by atomic mass is 10.3. The Morgan fingerprint density at radius 3 is 1.44 bits per heavy atom. The van der Waals surface area contributed by atoms with Gasteiger partial charge in [0.1, 0.15) is 0 Å². The van der Waals surface area contributed by atoms with Crippen LogP contribution < -0.4 is 0 Å². The molecule has 0 fully saturated rings. The molecule has 0 nitrogen and oxygen atoms in total. The topological polar surface area (TPSA) is 0 Å². The second-order valence-corrected chi connectivity index (χ2v) is 3.63. The van der Waals surface area contributed by atoms with Crippen LogP contribution in [0.5, 0.6) is 0 Å². The molecule has 96 valence electrons. The summed E-state index contributed by atoms with van der Waals surface area (Å²) < 4.78 is 60.0. The fraction of sp³-hybridized carbons (Fsp3) is 0. The zero-order valence-electron chi connectivity index (χ0n) is 8.80. The molecule has 0 N–H and O–H groups in total. The van der Waals surface area contributed by atoms with Gasteiger partial charge in [0.15, 0.2) is 23.3 Å². The van der Waals surface area contributed by atoms with Gasteiger partial charge in [-0.15, -0.1) is 12.6 Å². The second kappa shape index (κ2) is 6.39. The summed E-state index contributed by atoms with van der Waals surface area (Å²) in [4.78, 5) is 1.02. The van der Waals surface area contributed by atoms with Gasteiger partial charge in [-0.25, -0.2) is 22.0 Å². The Kier molecular flexibility index (Phi) is 5.15. The van der Waals surface area contributed by atoms with E-state index in [-0.39, 0.29) is 6.07 Å². The van der Waals surface area contributed by atoms with E-state index < -0.39 is 29.1 Å². The second-order valence-electron chi connectivity index (χ2n) is 3.12. The van der Waals surface area contributed by atoms with Crippen molar-refractivity contribution in [2.75, 3.05) is 0 Å². The molecule has 0 aliphatic rings. The normalized spacial score (nSPS) is 9.67. The molecule has 0 atom stereocenters. The third kappa shape index (κ3) is 3.73. The van der Waals surface area contributed by atoms with E-state index in [0.717, 1.165) is 4.90 Å². The molecule has 2 aromatic rings. The van der Waals surface area contributed by atoms with Gasteiger partial charge in [0.25, 0.3) is 0 Å². The Bertz CT molecular complexity index is 501. The molecular formula is C12H7F5S. The summed E-state index contributed by atoms with van der Waals surface area (Å²) in [6, 6.07) is 9.73. The van der Waals surface area contributed by atoms with E-state index >= 15 is 0 Å². The zero-order chi connectivity index (χ0) is 13.7. The molecule has 0 aromatic heterocycles. The molecule has 0 saturated heterocycles. The van der Waals surface area contributed by atoms with Crippen LogP contribution in [-0.4, -0.2) is 0 Å².